The van der Waals surface area contributed by atoms with Crippen LogP contribution in [0.15, 0.2) is 48.5 Å². The van der Waals surface area contributed by atoms with Crippen molar-refractivity contribution in [1.29, 1.82) is 0 Å². The van der Waals surface area contributed by atoms with Crippen molar-refractivity contribution in [3.8, 4) is 0 Å². The number of thiol groups is 1. The lowest BCUT2D eigenvalue weighted by Crippen LogP contribution is -2.60. The highest BCUT2D eigenvalue weighted by Crippen LogP contribution is 2.31. The topological polar surface area (TPSA) is 114 Å². The highest BCUT2D eigenvalue weighted by atomic mass is 32.1. The zero-order valence-electron chi connectivity index (χ0n) is 28.6. The zero-order chi connectivity index (χ0) is 34.3. The SMILES string of the molecule is Cc1ccc(C(C(=O)NC(Cc2ccccc2)C(=O)OC(C)(C)C)N(C(=O)C(CS)NC(=O)OC(C)(C)C)C(C)(C)C)cc1C. The van der Waals surface area contributed by atoms with Crippen molar-refractivity contribution in [2.24, 2.45) is 0 Å². The van der Waals surface area contributed by atoms with Crippen LogP contribution < -0.4 is 10.6 Å². The van der Waals surface area contributed by atoms with Crippen molar-refractivity contribution in [1.82, 2.24) is 15.5 Å². The van der Waals surface area contributed by atoms with Crippen LogP contribution in [0, 0.1) is 13.8 Å². The van der Waals surface area contributed by atoms with Gasteiger partial charge in [0, 0.05) is 17.7 Å². The largest absolute Gasteiger partial charge is 0.458 e. The fourth-order valence-corrected chi connectivity index (χ4v) is 4.91. The van der Waals surface area contributed by atoms with Crippen molar-refractivity contribution in [2.75, 3.05) is 5.75 Å². The van der Waals surface area contributed by atoms with Gasteiger partial charge in [-0.3, -0.25) is 9.59 Å². The molecule has 0 fully saturated rings. The van der Waals surface area contributed by atoms with Crippen LogP contribution in [0.3, 0.4) is 0 Å². The van der Waals surface area contributed by atoms with Gasteiger partial charge in [0.1, 0.15) is 29.3 Å². The number of hydrogen-bond donors (Lipinski definition) is 3. The van der Waals surface area contributed by atoms with E-state index in [9.17, 15) is 19.2 Å². The molecule has 2 aromatic carbocycles. The number of ether oxygens (including phenoxy) is 2. The number of nitrogens with one attached hydrogen (secondary N) is 2. The van der Waals surface area contributed by atoms with Crippen molar-refractivity contribution < 1.29 is 28.7 Å². The molecule has 9 nitrogen and oxygen atoms in total. The number of nitrogens with zero attached hydrogens (tertiary/aromatic N) is 1. The van der Waals surface area contributed by atoms with Crippen molar-refractivity contribution >= 4 is 36.5 Å². The van der Waals surface area contributed by atoms with Crippen molar-refractivity contribution in [3.05, 3.63) is 70.8 Å². The van der Waals surface area contributed by atoms with Crippen LogP contribution in [0.5, 0.6) is 0 Å². The number of alkyl carbamates (subject to hydrolysis) is 1. The molecule has 3 unspecified atom stereocenters. The number of benzene rings is 2. The zero-order valence-corrected chi connectivity index (χ0v) is 29.5. The molecule has 3 amide bonds. The summed E-state index contributed by atoms with van der Waals surface area (Å²) in [6.45, 7) is 19.8. The van der Waals surface area contributed by atoms with Gasteiger partial charge in [-0.1, -0.05) is 48.5 Å². The predicted molar refractivity (Wildman–Crippen MR) is 180 cm³/mol. The highest BCUT2D eigenvalue weighted by Gasteiger charge is 2.43. The molecule has 45 heavy (non-hydrogen) atoms. The molecule has 2 aromatic rings. The van der Waals surface area contributed by atoms with E-state index in [-0.39, 0.29) is 12.2 Å². The molecule has 0 heterocycles. The second-order valence-electron chi connectivity index (χ2n) is 14.3. The number of esters is 1. The standard InChI is InChI=1S/C35H51N3O6S/c1-22-17-18-25(19-23(22)2)28(38(33(3,4)5)30(40)27(21-45)37-32(42)44-35(9,10)11)29(39)36-26(31(41)43-34(6,7)8)20-24-15-13-12-14-16-24/h12-19,26-28,45H,20-21H2,1-11H3,(H,36,39)(H,37,42). The van der Waals surface area contributed by atoms with Gasteiger partial charge in [0.05, 0.1) is 0 Å². The normalized spacial score (nSPS) is 14.0. The molecule has 0 saturated carbocycles. The fraction of sp³-hybridized carbons (Fsp3) is 0.543. The summed E-state index contributed by atoms with van der Waals surface area (Å²) in [5.41, 5.74) is 0.850. The minimum Gasteiger partial charge on any atom is -0.458 e. The van der Waals surface area contributed by atoms with Crippen LogP contribution in [0.25, 0.3) is 0 Å². The summed E-state index contributed by atoms with van der Waals surface area (Å²) in [6, 6.07) is 11.6. The first-order chi connectivity index (χ1) is 20.6. The maximum atomic E-state index is 14.5. The van der Waals surface area contributed by atoms with E-state index in [2.05, 4.69) is 23.3 Å². The average Bonchev–Trinajstić information content (AvgIpc) is 2.89. The molecule has 0 radical (unpaired) electrons. The number of aryl methyl sites for hydroxylation is 2. The molecular weight excluding hydrogens is 590 g/mol. The molecule has 0 aliphatic carbocycles. The molecule has 0 aliphatic heterocycles. The number of hydrogen-bond acceptors (Lipinski definition) is 7. The van der Waals surface area contributed by atoms with E-state index in [0.717, 1.165) is 16.7 Å². The molecule has 0 aromatic heterocycles. The van der Waals surface area contributed by atoms with Gasteiger partial charge >= 0.3 is 12.1 Å². The Balaban J connectivity index is 2.64. The number of carbonyl (C=O) groups excluding carboxylic acids is 4. The number of amides is 3. The van der Waals surface area contributed by atoms with Gasteiger partial charge in [-0.15, -0.1) is 0 Å². The number of carbonyl (C=O) groups is 4. The Labute approximate surface area is 274 Å². The Hall–Kier alpha value is -3.53. The Kier molecular flexibility index (Phi) is 12.7. The monoisotopic (exact) mass is 641 g/mol. The Morgan fingerprint density at radius 1 is 0.778 bits per heavy atom. The van der Waals surface area contributed by atoms with E-state index in [1.165, 1.54) is 4.90 Å². The third-order valence-corrected chi connectivity index (χ3v) is 7.14. The molecule has 248 valence electrons. The highest BCUT2D eigenvalue weighted by molar-refractivity contribution is 7.80. The lowest BCUT2D eigenvalue weighted by atomic mass is 9.93. The van der Waals surface area contributed by atoms with E-state index >= 15 is 0 Å². The Morgan fingerprint density at radius 2 is 1.36 bits per heavy atom. The van der Waals surface area contributed by atoms with E-state index in [1.54, 1.807) is 47.6 Å². The summed E-state index contributed by atoms with van der Waals surface area (Å²) in [5.74, 6) is -1.73. The van der Waals surface area contributed by atoms with Gasteiger partial charge < -0.3 is 25.0 Å². The second-order valence-corrected chi connectivity index (χ2v) is 14.7. The summed E-state index contributed by atoms with van der Waals surface area (Å²) in [7, 11) is 0. The van der Waals surface area contributed by atoms with Crippen LogP contribution in [-0.4, -0.2) is 63.4 Å². The summed E-state index contributed by atoms with van der Waals surface area (Å²) < 4.78 is 11.1. The first-order valence-electron chi connectivity index (χ1n) is 15.2. The second kappa shape index (κ2) is 15.2. The van der Waals surface area contributed by atoms with E-state index in [1.807, 2.05) is 77.1 Å². The fourth-order valence-electron chi connectivity index (χ4n) is 4.67. The molecule has 0 aliphatic rings. The van der Waals surface area contributed by atoms with Gasteiger partial charge in [0.2, 0.25) is 11.8 Å². The van der Waals surface area contributed by atoms with Crippen LogP contribution in [-0.2, 0) is 30.3 Å². The smallest absolute Gasteiger partial charge is 0.408 e. The maximum absolute atomic E-state index is 14.5. The Bertz CT molecular complexity index is 1340. The van der Waals surface area contributed by atoms with Gasteiger partial charge in [-0.2, -0.15) is 12.6 Å². The minimum absolute atomic E-state index is 0.0412. The first kappa shape index (κ1) is 37.7. The summed E-state index contributed by atoms with van der Waals surface area (Å²) in [5, 5.41) is 5.54. The molecule has 2 N–H and O–H groups in total. The minimum atomic E-state index is -1.17. The summed E-state index contributed by atoms with van der Waals surface area (Å²) >= 11 is 4.37. The summed E-state index contributed by atoms with van der Waals surface area (Å²) in [4.78, 5) is 56.4. The molecule has 10 heteroatoms. The molecule has 0 saturated heterocycles. The van der Waals surface area contributed by atoms with Gasteiger partial charge in [0.15, 0.2) is 0 Å². The van der Waals surface area contributed by atoms with Crippen LogP contribution >= 0.6 is 12.6 Å². The van der Waals surface area contributed by atoms with Gasteiger partial charge in [0.25, 0.3) is 0 Å². The molecule has 3 atom stereocenters. The molecular formula is C35H51N3O6S. The quantitative estimate of drug-likeness (QED) is 0.221. The summed E-state index contributed by atoms with van der Waals surface area (Å²) in [6.07, 6.45) is -0.590. The molecule has 0 spiro atoms. The average molecular weight is 642 g/mol. The maximum Gasteiger partial charge on any atom is 0.408 e. The third-order valence-electron chi connectivity index (χ3n) is 6.78. The first-order valence-corrected chi connectivity index (χ1v) is 15.8. The molecule has 2 rings (SSSR count). The molecule has 0 bridgehead atoms. The lowest BCUT2D eigenvalue weighted by Gasteiger charge is -2.43. The third kappa shape index (κ3) is 11.7. The van der Waals surface area contributed by atoms with Crippen LogP contribution in [0.2, 0.25) is 0 Å². The van der Waals surface area contributed by atoms with E-state index in [0.29, 0.717) is 5.56 Å². The van der Waals surface area contributed by atoms with E-state index in [4.69, 9.17) is 9.47 Å². The van der Waals surface area contributed by atoms with Gasteiger partial charge in [-0.05, 0) is 98.4 Å². The van der Waals surface area contributed by atoms with Crippen molar-refractivity contribution in [2.45, 2.75) is 117 Å². The van der Waals surface area contributed by atoms with Crippen molar-refractivity contribution in [3.63, 3.8) is 0 Å². The van der Waals surface area contributed by atoms with Crippen LogP contribution in [0.4, 0.5) is 4.79 Å². The lowest BCUT2D eigenvalue weighted by molar-refractivity contribution is -0.159. The Morgan fingerprint density at radius 3 is 1.84 bits per heavy atom. The van der Waals surface area contributed by atoms with Crippen LogP contribution in [0.1, 0.15) is 90.6 Å². The van der Waals surface area contributed by atoms with E-state index < -0.39 is 58.7 Å². The van der Waals surface area contributed by atoms with Gasteiger partial charge in [-0.25, -0.2) is 9.59 Å². The predicted octanol–water partition coefficient (Wildman–Crippen LogP) is 5.86. The number of rotatable bonds is 10.